The molecule has 0 aliphatic rings. The Bertz CT molecular complexity index is 68.0. The molecule has 0 radical (unpaired) electrons. The first-order chi connectivity index (χ1) is 5.35. The normalized spacial score (nSPS) is 13.4. The fourth-order valence-electron chi connectivity index (χ4n) is 1.30. The number of nitrogens with one attached hydrogen (secondary N) is 2. The molecule has 11 heavy (non-hydrogen) atoms. The SMILES string of the molecule is CCCC(CCNC)NCC. The van der Waals surface area contributed by atoms with Crippen LogP contribution in [0.15, 0.2) is 0 Å². The van der Waals surface area contributed by atoms with Crippen LogP contribution in [0.5, 0.6) is 0 Å². The Morgan fingerprint density at radius 2 is 1.91 bits per heavy atom. The standard InChI is InChI=1S/C9H22N2/c1-4-6-9(11-5-2)7-8-10-3/h9-11H,4-8H2,1-3H3. The lowest BCUT2D eigenvalue weighted by atomic mass is 10.1. The van der Waals surface area contributed by atoms with E-state index in [0.717, 1.165) is 19.1 Å². The number of rotatable bonds is 7. The van der Waals surface area contributed by atoms with Gasteiger partial charge in [-0.3, -0.25) is 0 Å². The molecule has 0 fully saturated rings. The average Bonchev–Trinajstić information content (AvgIpc) is 2.01. The zero-order chi connectivity index (χ0) is 8.53. The summed E-state index contributed by atoms with van der Waals surface area (Å²) in [6.07, 6.45) is 3.83. The minimum absolute atomic E-state index is 0.720. The van der Waals surface area contributed by atoms with Gasteiger partial charge in [-0.25, -0.2) is 0 Å². The molecule has 68 valence electrons. The monoisotopic (exact) mass is 158 g/mol. The Hall–Kier alpha value is -0.0800. The van der Waals surface area contributed by atoms with Gasteiger partial charge in [-0.15, -0.1) is 0 Å². The third-order valence-electron chi connectivity index (χ3n) is 1.87. The molecule has 1 unspecified atom stereocenters. The molecule has 0 amide bonds. The molecule has 0 aromatic heterocycles. The molecule has 2 N–H and O–H groups in total. The molecule has 2 heteroatoms. The Labute approximate surface area is 70.8 Å². The van der Waals surface area contributed by atoms with Gasteiger partial charge in [0.2, 0.25) is 0 Å². The van der Waals surface area contributed by atoms with Gasteiger partial charge in [-0.1, -0.05) is 20.3 Å². The van der Waals surface area contributed by atoms with Crippen molar-refractivity contribution in [2.45, 2.75) is 39.2 Å². The highest BCUT2D eigenvalue weighted by molar-refractivity contribution is 4.65. The second-order valence-corrected chi connectivity index (χ2v) is 2.94. The molecule has 0 rings (SSSR count). The molecule has 0 aliphatic heterocycles. The van der Waals surface area contributed by atoms with E-state index in [1.54, 1.807) is 0 Å². The number of hydrogen-bond acceptors (Lipinski definition) is 2. The molecular formula is C9H22N2. The first kappa shape index (κ1) is 10.9. The minimum Gasteiger partial charge on any atom is -0.320 e. The van der Waals surface area contributed by atoms with Crippen LogP contribution in [-0.4, -0.2) is 26.2 Å². The van der Waals surface area contributed by atoms with Gasteiger partial charge in [0.25, 0.3) is 0 Å². The lowest BCUT2D eigenvalue weighted by Crippen LogP contribution is -2.31. The van der Waals surface area contributed by atoms with Crippen LogP contribution in [0.2, 0.25) is 0 Å². The summed E-state index contributed by atoms with van der Waals surface area (Å²) in [7, 11) is 2.01. The van der Waals surface area contributed by atoms with E-state index in [-0.39, 0.29) is 0 Å². The number of hydrogen-bond donors (Lipinski definition) is 2. The van der Waals surface area contributed by atoms with Crippen molar-refractivity contribution in [2.24, 2.45) is 0 Å². The molecule has 0 aliphatic carbocycles. The van der Waals surface area contributed by atoms with E-state index < -0.39 is 0 Å². The first-order valence-corrected chi connectivity index (χ1v) is 4.73. The minimum atomic E-state index is 0.720. The first-order valence-electron chi connectivity index (χ1n) is 4.73. The quantitative estimate of drug-likeness (QED) is 0.585. The van der Waals surface area contributed by atoms with E-state index in [1.807, 2.05) is 7.05 Å². The molecule has 0 bridgehead atoms. The fourth-order valence-corrected chi connectivity index (χ4v) is 1.30. The summed E-state index contributed by atoms with van der Waals surface area (Å²) in [5.41, 5.74) is 0. The van der Waals surface area contributed by atoms with Crippen LogP contribution in [0.25, 0.3) is 0 Å². The summed E-state index contributed by atoms with van der Waals surface area (Å²) in [5.74, 6) is 0. The van der Waals surface area contributed by atoms with Gasteiger partial charge >= 0.3 is 0 Å². The highest BCUT2D eigenvalue weighted by Gasteiger charge is 2.03. The predicted molar refractivity (Wildman–Crippen MR) is 50.9 cm³/mol. The highest BCUT2D eigenvalue weighted by Crippen LogP contribution is 1.99. The molecule has 0 heterocycles. The Kier molecular flexibility index (Phi) is 7.96. The lowest BCUT2D eigenvalue weighted by molar-refractivity contribution is 0.453. The van der Waals surface area contributed by atoms with Gasteiger partial charge in [-0.2, -0.15) is 0 Å². The molecule has 0 aromatic rings. The molecule has 2 nitrogen and oxygen atoms in total. The van der Waals surface area contributed by atoms with E-state index in [2.05, 4.69) is 24.5 Å². The third-order valence-corrected chi connectivity index (χ3v) is 1.87. The van der Waals surface area contributed by atoms with Crippen molar-refractivity contribution in [1.82, 2.24) is 10.6 Å². The topological polar surface area (TPSA) is 24.1 Å². The summed E-state index contributed by atoms with van der Waals surface area (Å²) in [6, 6.07) is 0.720. The molecular weight excluding hydrogens is 136 g/mol. The van der Waals surface area contributed by atoms with Gasteiger partial charge in [0.15, 0.2) is 0 Å². The Morgan fingerprint density at radius 3 is 2.36 bits per heavy atom. The van der Waals surface area contributed by atoms with Crippen LogP contribution in [0.3, 0.4) is 0 Å². The van der Waals surface area contributed by atoms with Crippen LogP contribution in [0.1, 0.15) is 33.1 Å². The van der Waals surface area contributed by atoms with Gasteiger partial charge in [0.1, 0.15) is 0 Å². The third kappa shape index (κ3) is 6.32. The van der Waals surface area contributed by atoms with Crippen molar-refractivity contribution in [3.05, 3.63) is 0 Å². The summed E-state index contributed by atoms with van der Waals surface area (Å²) in [6.45, 7) is 6.62. The second-order valence-electron chi connectivity index (χ2n) is 2.94. The average molecular weight is 158 g/mol. The zero-order valence-corrected chi connectivity index (χ0v) is 8.11. The summed E-state index contributed by atoms with van der Waals surface area (Å²) in [4.78, 5) is 0. The Morgan fingerprint density at radius 1 is 1.18 bits per heavy atom. The Balaban J connectivity index is 3.34. The largest absolute Gasteiger partial charge is 0.320 e. The summed E-state index contributed by atoms with van der Waals surface area (Å²) in [5, 5.41) is 6.65. The van der Waals surface area contributed by atoms with E-state index in [4.69, 9.17) is 0 Å². The summed E-state index contributed by atoms with van der Waals surface area (Å²) < 4.78 is 0. The van der Waals surface area contributed by atoms with E-state index in [0.29, 0.717) is 0 Å². The van der Waals surface area contributed by atoms with Gasteiger partial charge in [0.05, 0.1) is 0 Å². The van der Waals surface area contributed by atoms with Crippen LogP contribution in [0.4, 0.5) is 0 Å². The van der Waals surface area contributed by atoms with Crippen molar-refractivity contribution in [3.8, 4) is 0 Å². The van der Waals surface area contributed by atoms with E-state index >= 15 is 0 Å². The maximum absolute atomic E-state index is 3.48. The highest BCUT2D eigenvalue weighted by atomic mass is 14.9. The van der Waals surface area contributed by atoms with Gasteiger partial charge in [-0.05, 0) is 33.0 Å². The summed E-state index contributed by atoms with van der Waals surface area (Å²) >= 11 is 0. The second kappa shape index (κ2) is 8.02. The van der Waals surface area contributed by atoms with Gasteiger partial charge in [0, 0.05) is 6.04 Å². The van der Waals surface area contributed by atoms with E-state index in [1.165, 1.54) is 19.3 Å². The van der Waals surface area contributed by atoms with Crippen LogP contribution in [-0.2, 0) is 0 Å². The van der Waals surface area contributed by atoms with Crippen LogP contribution in [0, 0.1) is 0 Å². The molecule has 1 atom stereocenters. The molecule has 0 saturated heterocycles. The fraction of sp³-hybridized carbons (Fsp3) is 1.00. The van der Waals surface area contributed by atoms with Crippen LogP contribution < -0.4 is 10.6 Å². The molecule has 0 saturated carbocycles. The predicted octanol–water partition coefficient (Wildman–Crippen LogP) is 1.37. The lowest BCUT2D eigenvalue weighted by Gasteiger charge is -2.16. The van der Waals surface area contributed by atoms with Crippen LogP contribution >= 0.6 is 0 Å². The molecule has 0 spiro atoms. The van der Waals surface area contributed by atoms with Crippen molar-refractivity contribution in [1.29, 1.82) is 0 Å². The maximum atomic E-state index is 3.48. The van der Waals surface area contributed by atoms with Gasteiger partial charge < -0.3 is 10.6 Å². The zero-order valence-electron chi connectivity index (χ0n) is 8.11. The van der Waals surface area contributed by atoms with Crippen molar-refractivity contribution >= 4 is 0 Å². The maximum Gasteiger partial charge on any atom is 0.00789 e. The van der Waals surface area contributed by atoms with Crippen molar-refractivity contribution < 1.29 is 0 Å². The van der Waals surface area contributed by atoms with E-state index in [9.17, 15) is 0 Å². The van der Waals surface area contributed by atoms with Crippen molar-refractivity contribution in [3.63, 3.8) is 0 Å². The van der Waals surface area contributed by atoms with Crippen molar-refractivity contribution in [2.75, 3.05) is 20.1 Å². The molecule has 0 aromatic carbocycles. The smallest absolute Gasteiger partial charge is 0.00789 e.